The number of allylic oxidation sites excluding steroid dienone is 2. The number of hydrogen-bond acceptors (Lipinski definition) is 3. The third kappa shape index (κ3) is 3.45. The summed E-state index contributed by atoms with van der Waals surface area (Å²) in [4.78, 5) is 13.8. The maximum absolute atomic E-state index is 11.9. The maximum atomic E-state index is 11.9. The van der Waals surface area contributed by atoms with E-state index in [1.807, 2.05) is 35.3 Å². The van der Waals surface area contributed by atoms with E-state index in [4.69, 9.17) is 9.47 Å². The highest BCUT2D eigenvalue weighted by atomic mass is 16.7. The minimum Gasteiger partial charge on any atom is -0.454 e. The first-order chi connectivity index (χ1) is 10.3. The SMILES string of the molecule is O=C(/C=C/C=C\c1ccc2c(c1)OCO2)N1CCCCC1. The van der Waals surface area contributed by atoms with Gasteiger partial charge in [-0.2, -0.15) is 0 Å². The van der Waals surface area contributed by atoms with E-state index in [-0.39, 0.29) is 12.7 Å². The molecule has 4 heteroatoms. The summed E-state index contributed by atoms with van der Waals surface area (Å²) in [6.45, 7) is 2.05. The van der Waals surface area contributed by atoms with Crippen LogP contribution in [0.25, 0.3) is 6.08 Å². The van der Waals surface area contributed by atoms with E-state index in [9.17, 15) is 4.79 Å². The second-order valence-corrected chi connectivity index (χ2v) is 5.22. The second kappa shape index (κ2) is 6.48. The summed E-state index contributed by atoms with van der Waals surface area (Å²) in [5.74, 6) is 1.65. The molecule has 0 aromatic heterocycles. The van der Waals surface area contributed by atoms with Gasteiger partial charge in [-0.25, -0.2) is 0 Å². The number of likely N-dealkylation sites (tertiary alicyclic amines) is 1. The van der Waals surface area contributed by atoms with Gasteiger partial charge >= 0.3 is 0 Å². The van der Waals surface area contributed by atoms with Gasteiger partial charge < -0.3 is 14.4 Å². The minimum absolute atomic E-state index is 0.102. The van der Waals surface area contributed by atoms with Gasteiger partial charge in [-0.1, -0.05) is 24.3 Å². The Hall–Kier alpha value is -2.23. The van der Waals surface area contributed by atoms with Gasteiger partial charge in [0.2, 0.25) is 12.7 Å². The van der Waals surface area contributed by atoms with Gasteiger partial charge in [-0.3, -0.25) is 4.79 Å². The predicted molar refractivity (Wildman–Crippen MR) is 81.2 cm³/mol. The zero-order valence-corrected chi connectivity index (χ0v) is 12.0. The molecule has 0 N–H and O–H groups in total. The van der Waals surface area contributed by atoms with Gasteiger partial charge in [0.25, 0.3) is 0 Å². The Balaban J connectivity index is 1.56. The molecule has 0 radical (unpaired) electrons. The van der Waals surface area contributed by atoms with Gasteiger partial charge in [0.1, 0.15) is 0 Å². The number of carbonyl (C=O) groups is 1. The molecule has 0 saturated carbocycles. The van der Waals surface area contributed by atoms with Gasteiger partial charge in [0, 0.05) is 19.2 Å². The van der Waals surface area contributed by atoms with Gasteiger partial charge in [-0.05, 0) is 37.0 Å². The van der Waals surface area contributed by atoms with Crippen LogP contribution in [0.2, 0.25) is 0 Å². The predicted octanol–water partition coefficient (Wildman–Crippen LogP) is 3.00. The molecule has 0 spiro atoms. The fraction of sp³-hybridized carbons (Fsp3) is 0.353. The molecular formula is C17H19NO3. The molecule has 1 fully saturated rings. The van der Waals surface area contributed by atoms with E-state index >= 15 is 0 Å². The molecule has 0 aliphatic carbocycles. The van der Waals surface area contributed by atoms with Crippen LogP contribution < -0.4 is 9.47 Å². The molecule has 2 heterocycles. The van der Waals surface area contributed by atoms with Crippen molar-refractivity contribution in [3.63, 3.8) is 0 Å². The monoisotopic (exact) mass is 285 g/mol. The molecule has 1 aromatic rings. The van der Waals surface area contributed by atoms with Crippen molar-refractivity contribution in [2.75, 3.05) is 19.9 Å². The summed E-state index contributed by atoms with van der Waals surface area (Å²) in [7, 11) is 0. The third-order valence-electron chi connectivity index (χ3n) is 3.70. The number of benzene rings is 1. The molecule has 4 nitrogen and oxygen atoms in total. The van der Waals surface area contributed by atoms with Crippen molar-refractivity contribution >= 4 is 12.0 Å². The lowest BCUT2D eigenvalue weighted by molar-refractivity contribution is -0.126. The molecule has 110 valence electrons. The normalized spacial score (nSPS) is 17.8. The van der Waals surface area contributed by atoms with Crippen molar-refractivity contribution in [1.29, 1.82) is 0 Å². The smallest absolute Gasteiger partial charge is 0.246 e. The highest BCUT2D eigenvalue weighted by Gasteiger charge is 2.13. The van der Waals surface area contributed by atoms with Gasteiger partial charge in [0.15, 0.2) is 11.5 Å². The number of carbonyl (C=O) groups excluding carboxylic acids is 1. The van der Waals surface area contributed by atoms with Crippen molar-refractivity contribution in [2.24, 2.45) is 0 Å². The topological polar surface area (TPSA) is 38.8 Å². The fourth-order valence-electron chi connectivity index (χ4n) is 2.54. The van der Waals surface area contributed by atoms with Crippen LogP contribution in [0.3, 0.4) is 0 Å². The lowest BCUT2D eigenvalue weighted by Gasteiger charge is -2.25. The molecule has 2 aliphatic heterocycles. The number of rotatable bonds is 3. The van der Waals surface area contributed by atoms with E-state index < -0.39 is 0 Å². The Labute approximate surface area is 124 Å². The summed E-state index contributed by atoms with van der Waals surface area (Å²) < 4.78 is 10.6. The molecule has 21 heavy (non-hydrogen) atoms. The molecule has 1 amide bonds. The fourth-order valence-corrected chi connectivity index (χ4v) is 2.54. The number of fused-ring (bicyclic) bond motifs is 1. The zero-order valence-electron chi connectivity index (χ0n) is 12.0. The van der Waals surface area contributed by atoms with E-state index in [2.05, 4.69) is 0 Å². The van der Waals surface area contributed by atoms with E-state index in [1.165, 1.54) is 6.42 Å². The quantitative estimate of drug-likeness (QED) is 0.633. The molecule has 0 atom stereocenters. The largest absolute Gasteiger partial charge is 0.454 e. The molecule has 3 rings (SSSR count). The van der Waals surface area contributed by atoms with Crippen LogP contribution in [0.5, 0.6) is 11.5 Å². The number of hydrogen-bond donors (Lipinski definition) is 0. The molecule has 2 aliphatic rings. The third-order valence-corrected chi connectivity index (χ3v) is 3.70. The maximum Gasteiger partial charge on any atom is 0.246 e. The summed E-state index contributed by atoms with van der Waals surface area (Å²) in [6.07, 6.45) is 10.7. The molecule has 1 aromatic carbocycles. The van der Waals surface area contributed by atoms with Crippen molar-refractivity contribution in [2.45, 2.75) is 19.3 Å². The Bertz CT molecular complexity index is 571. The van der Waals surface area contributed by atoms with Gasteiger partial charge in [0.05, 0.1) is 0 Å². The second-order valence-electron chi connectivity index (χ2n) is 5.22. The summed E-state index contributed by atoms with van der Waals surface area (Å²) >= 11 is 0. The van der Waals surface area contributed by atoms with Gasteiger partial charge in [-0.15, -0.1) is 0 Å². The first-order valence-corrected chi connectivity index (χ1v) is 7.36. The number of nitrogens with zero attached hydrogens (tertiary/aromatic N) is 1. The van der Waals surface area contributed by atoms with Crippen LogP contribution in [0.1, 0.15) is 24.8 Å². The molecule has 1 saturated heterocycles. The highest BCUT2D eigenvalue weighted by molar-refractivity contribution is 5.88. The Kier molecular flexibility index (Phi) is 4.24. The summed E-state index contributed by atoms with van der Waals surface area (Å²) in [5, 5.41) is 0. The van der Waals surface area contributed by atoms with Crippen molar-refractivity contribution < 1.29 is 14.3 Å². The van der Waals surface area contributed by atoms with Crippen LogP contribution in [0.15, 0.2) is 36.4 Å². The zero-order chi connectivity index (χ0) is 14.5. The number of amides is 1. The highest BCUT2D eigenvalue weighted by Crippen LogP contribution is 2.32. The Morgan fingerprint density at radius 1 is 1.05 bits per heavy atom. The van der Waals surface area contributed by atoms with Crippen molar-refractivity contribution in [3.05, 3.63) is 42.0 Å². The van der Waals surface area contributed by atoms with Crippen LogP contribution in [-0.4, -0.2) is 30.7 Å². The molecule has 0 unspecified atom stereocenters. The molecular weight excluding hydrogens is 266 g/mol. The van der Waals surface area contributed by atoms with E-state index in [1.54, 1.807) is 12.2 Å². The standard InChI is InChI=1S/C17H19NO3/c19-17(18-10-4-1-5-11-18)7-3-2-6-14-8-9-15-16(12-14)21-13-20-15/h2-3,6-9,12H,1,4-5,10-11,13H2/b6-2-,7-3+. The van der Waals surface area contributed by atoms with Crippen molar-refractivity contribution in [3.8, 4) is 11.5 Å². The summed E-state index contributed by atoms with van der Waals surface area (Å²) in [6, 6.07) is 5.79. The van der Waals surface area contributed by atoms with E-state index in [0.717, 1.165) is 43.0 Å². The number of piperidine rings is 1. The van der Waals surface area contributed by atoms with Crippen LogP contribution in [0.4, 0.5) is 0 Å². The molecule has 0 bridgehead atoms. The summed E-state index contributed by atoms with van der Waals surface area (Å²) in [5.41, 5.74) is 1.02. The van der Waals surface area contributed by atoms with Crippen LogP contribution in [-0.2, 0) is 4.79 Å². The minimum atomic E-state index is 0.102. The van der Waals surface area contributed by atoms with Crippen LogP contribution in [0, 0.1) is 0 Å². The Morgan fingerprint density at radius 2 is 1.86 bits per heavy atom. The van der Waals surface area contributed by atoms with E-state index in [0.29, 0.717) is 0 Å². The lowest BCUT2D eigenvalue weighted by Crippen LogP contribution is -2.34. The Morgan fingerprint density at radius 3 is 2.71 bits per heavy atom. The first kappa shape index (κ1) is 13.7. The average molecular weight is 285 g/mol. The lowest BCUT2D eigenvalue weighted by atomic mass is 10.1. The van der Waals surface area contributed by atoms with Crippen LogP contribution >= 0.6 is 0 Å². The number of ether oxygens (including phenoxy) is 2. The van der Waals surface area contributed by atoms with Crippen molar-refractivity contribution in [1.82, 2.24) is 4.90 Å². The average Bonchev–Trinajstić information content (AvgIpc) is 3.00. The first-order valence-electron chi connectivity index (χ1n) is 7.36.